The molecule has 1 heterocycles. The molecule has 1 aliphatic rings. The molecule has 0 aliphatic heterocycles. The molecule has 3 rings (SSSR count). The molecule has 5 heteroatoms. The van der Waals surface area contributed by atoms with Crippen LogP contribution < -0.4 is 5.73 Å². The smallest absolute Gasteiger partial charge is 0.232 e. The zero-order valence-electron chi connectivity index (χ0n) is 11.9. The van der Waals surface area contributed by atoms with E-state index in [4.69, 9.17) is 10.3 Å². The number of nitrogens with two attached hydrogens (primary N) is 1. The summed E-state index contributed by atoms with van der Waals surface area (Å²) in [5, 5.41) is 4.03. The van der Waals surface area contributed by atoms with E-state index in [0.29, 0.717) is 30.1 Å². The molecule has 4 nitrogen and oxygen atoms in total. The minimum absolute atomic E-state index is 0.214. The van der Waals surface area contributed by atoms with Crippen LogP contribution in [0.3, 0.4) is 0 Å². The number of fused-ring (bicyclic) bond motifs is 1. The van der Waals surface area contributed by atoms with E-state index >= 15 is 0 Å². The van der Waals surface area contributed by atoms with Gasteiger partial charge in [0.1, 0.15) is 11.4 Å². The van der Waals surface area contributed by atoms with Gasteiger partial charge in [0.2, 0.25) is 5.89 Å². The van der Waals surface area contributed by atoms with E-state index < -0.39 is 5.54 Å². The van der Waals surface area contributed by atoms with Crippen molar-refractivity contribution in [1.82, 2.24) is 10.1 Å². The molecule has 2 N–H and O–H groups in total. The lowest BCUT2D eigenvalue weighted by Crippen LogP contribution is -2.36. The molecule has 106 valence electrons. The number of hydrogen-bond acceptors (Lipinski definition) is 4. The summed E-state index contributed by atoms with van der Waals surface area (Å²) in [6, 6.07) is 4.98. The number of halogens is 1. The lowest BCUT2D eigenvalue weighted by molar-refractivity contribution is 0.313. The van der Waals surface area contributed by atoms with Gasteiger partial charge in [0, 0.05) is 5.41 Å². The fourth-order valence-electron chi connectivity index (χ4n) is 2.63. The van der Waals surface area contributed by atoms with Gasteiger partial charge in [-0.3, -0.25) is 0 Å². The number of hydrogen-bond donors (Lipinski definition) is 1. The molecule has 0 amide bonds. The summed E-state index contributed by atoms with van der Waals surface area (Å²) in [4.78, 5) is 4.44. The fraction of sp³-hybridized carbons (Fsp3) is 0.467. The van der Waals surface area contributed by atoms with Gasteiger partial charge in [-0.1, -0.05) is 38.1 Å². The highest BCUT2D eigenvalue weighted by atomic mass is 19.1. The van der Waals surface area contributed by atoms with Crippen molar-refractivity contribution < 1.29 is 8.91 Å². The first kappa shape index (κ1) is 13.2. The Balaban J connectivity index is 2.08. The Morgan fingerprint density at radius 3 is 2.75 bits per heavy atom. The van der Waals surface area contributed by atoms with Gasteiger partial charge < -0.3 is 10.3 Å². The average molecular weight is 275 g/mol. The van der Waals surface area contributed by atoms with Crippen molar-refractivity contribution in [2.75, 3.05) is 0 Å². The van der Waals surface area contributed by atoms with Crippen LogP contribution in [0.2, 0.25) is 0 Å². The van der Waals surface area contributed by atoms with Gasteiger partial charge in [-0.15, -0.1) is 0 Å². The molecule has 0 saturated heterocycles. The summed E-state index contributed by atoms with van der Waals surface area (Å²) in [5.74, 6) is 0.767. The standard InChI is InChI=1S/C15H18FN3O/c1-14(2,3)13-18-12(19-20-13)15(17)8-7-9-10(15)5-4-6-11(9)16/h4-6H,7-8,17H2,1-3H3. The third kappa shape index (κ3) is 1.85. The van der Waals surface area contributed by atoms with Gasteiger partial charge >= 0.3 is 0 Å². The van der Waals surface area contributed by atoms with Crippen LogP contribution in [0.1, 0.15) is 50.0 Å². The Labute approximate surface area is 117 Å². The highest BCUT2D eigenvalue weighted by molar-refractivity contribution is 5.43. The first-order chi connectivity index (χ1) is 9.32. The summed E-state index contributed by atoms with van der Waals surface area (Å²) in [7, 11) is 0. The predicted octanol–water partition coefficient (Wildman–Crippen LogP) is 2.65. The highest BCUT2D eigenvalue weighted by Gasteiger charge is 2.42. The molecule has 0 spiro atoms. The third-order valence-electron chi connectivity index (χ3n) is 3.84. The summed E-state index contributed by atoms with van der Waals surface area (Å²) >= 11 is 0. The van der Waals surface area contributed by atoms with Crippen molar-refractivity contribution in [3.63, 3.8) is 0 Å². The molecule has 0 bridgehead atoms. The van der Waals surface area contributed by atoms with Crippen molar-refractivity contribution in [2.24, 2.45) is 5.73 Å². The van der Waals surface area contributed by atoms with Crippen molar-refractivity contribution >= 4 is 0 Å². The Bertz CT molecular complexity index is 659. The zero-order chi connectivity index (χ0) is 14.5. The molecule has 1 unspecified atom stereocenters. The Morgan fingerprint density at radius 2 is 2.10 bits per heavy atom. The van der Waals surface area contributed by atoms with Crippen molar-refractivity contribution in [3.05, 3.63) is 46.9 Å². The van der Waals surface area contributed by atoms with Crippen LogP contribution >= 0.6 is 0 Å². The van der Waals surface area contributed by atoms with Gasteiger partial charge in [0.25, 0.3) is 0 Å². The molecule has 0 fully saturated rings. The van der Waals surface area contributed by atoms with Crippen LogP contribution in [0.15, 0.2) is 22.7 Å². The highest BCUT2D eigenvalue weighted by Crippen LogP contribution is 2.40. The van der Waals surface area contributed by atoms with Crippen molar-refractivity contribution in [2.45, 2.75) is 44.6 Å². The maximum atomic E-state index is 13.8. The summed E-state index contributed by atoms with van der Waals surface area (Å²) in [6.07, 6.45) is 1.18. The Kier molecular flexibility index (Phi) is 2.73. The van der Waals surface area contributed by atoms with E-state index in [1.165, 1.54) is 6.07 Å². The van der Waals surface area contributed by atoms with Gasteiger partial charge in [-0.2, -0.15) is 4.98 Å². The molecule has 0 radical (unpaired) electrons. The summed E-state index contributed by atoms with van der Waals surface area (Å²) < 4.78 is 19.1. The molecular formula is C15H18FN3O. The molecule has 1 aromatic carbocycles. The van der Waals surface area contributed by atoms with E-state index in [1.807, 2.05) is 26.8 Å². The first-order valence-corrected chi connectivity index (χ1v) is 6.74. The lowest BCUT2D eigenvalue weighted by Gasteiger charge is -2.21. The van der Waals surface area contributed by atoms with Gasteiger partial charge in [0.15, 0.2) is 5.82 Å². The molecular weight excluding hydrogens is 257 g/mol. The monoisotopic (exact) mass is 275 g/mol. The molecule has 1 atom stereocenters. The second kappa shape index (κ2) is 4.12. The first-order valence-electron chi connectivity index (χ1n) is 6.74. The molecule has 20 heavy (non-hydrogen) atoms. The van der Waals surface area contributed by atoms with Crippen LogP contribution in [-0.2, 0) is 17.4 Å². The van der Waals surface area contributed by atoms with E-state index in [1.54, 1.807) is 6.07 Å². The number of rotatable bonds is 1. The van der Waals surface area contributed by atoms with Crippen LogP contribution in [0, 0.1) is 5.82 Å². The van der Waals surface area contributed by atoms with Gasteiger partial charge in [-0.25, -0.2) is 4.39 Å². The van der Waals surface area contributed by atoms with Crippen LogP contribution in [0.25, 0.3) is 0 Å². The van der Waals surface area contributed by atoms with Gasteiger partial charge in [-0.05, 0) is 30.0 Å². The fourth-order valence-corrected chi connectivity index (χ4v) is 2.63. The summed E-state index contributed by atoms with van der Waals surface area (Å²) in [5.41, 5.74) is 6.80. The zero-order valence-corrected chi connectivity index (χ0v) is 11.9. The number of aromatic nitrogens is 2. The van der Waals surface area contributed by atoms with E-state index in [0.717, 1.165) is 5.56 Å². The van der Waals surface area contributed by atoms with E-state index in [2.05, 4.69) is 10.1 Å². The Hall–Kier alpha value is -1.75. The van der Waals surface area contributed by atoms with Crippen LogP contribution in [-0.4, -0.2) is 10.1 Å². The number of nitrogens with zero attached hydrogens (tertiary/aromatic N) is 2. The van der Waals surface area contributed by atoms with Crippen LogP contribution in [0.5, 0.6) is 0 Å². The Morgan fingerprint density at radius 1 is 1.35 bits per heavy atom. The maximum absolute atomic E-state index is 13.8. The lowest BCUT2D eigenvalue weighted by atomic mass is 9.91. The topological polar surface area (TPSA) is 64.9 Å². The third-order valence-corrected chi connectivity index (χ3v) is 3.84. The van der Waals surface area contributed by atoms with Crippen molar-refractivity contribution in [1.29, 1.82) is 0 Å². The number of benzene rings is 1. The average Bonchev–Trinajstić information content (AvgIpc) is 2.96. The molecule has 0 saturated carbocycles. The minimum atomic E-state index is -0.857. The quantitative estimate of drug-likeness (QED) is 0.869. The predicted molar refractivity (Wildman–Crippen MR) is 72.7 cm³/mol. The normalized spacial score (nSPS) is 22.1. The van der Waals surface area contributed by atoms with Gasteiger partial charge in [0.05, 0.1) is 0 Å². The van der Waals surface area contributed by atoms with E-state index in [-0.39, 0.29) is 11.2 Å². The molecule has 1 aliphatic carbocycles. The van der Waals surface area contributed by atoms with Crippen LogP contribution in [0.4, 0.5) is 4.39 Å². The second-order valence-corrected chi connectivity index (χ2v) is 6.41. The molecule has 2 aromatic rings. The minimum Gasteiger partial charge on any atom is -0.339 e. The largest absolute Gasteiger partial charge is 0.339 e. The SMILES string of the molecule is CC(C)(C)c1nc(C2(N)CCc3c(F)cccc32)no1. The van der Waals surface area contributed by atoms with E-state index in [9.17, 15) is 4.39 Å². The van der Waals surface area contributed by atoms with Crippen molar-refractivity contribution in [3.8, 4) is 0 Å². The summed E-state index contributed by atoms with van der Waals surface area (Å²) in [6.45, 7) is 5.99. The molecule has 1 aromatic heterocycles. The maximum Gasteiger partial charge on any atom is 0.232 e. The second-order valence-electron chi connectivity index (χ2n) is 6.41.